The number of rotatable bonds is 2. The zero-order chi connectivity index (χ0) is 16.0. The predicted molar refractivity (Wildman–Crippen MR) is 88.6 cm³/mol. The first-order chi connectivity index (χ1) is 10.4. The van der Waals surface area contributed by atoms with Gasteiger partial charge in [0.15, 0.2) is 11.6 Å². The number of primary amides is 1. The molecule has 8 heteroatoms. The highest BCUT2D eigenvalue weighted by molar-refractivity contribution is 6.37. The summed E-state index contributed by atoms with van der Waals surface area (Å²) in [5.41, 5.74) is 5.69. The number of nitrogens with one attached hydrogen (secondary N) is 2. The molecule has 1 atom stereocenters. The molecule has 1 saturated heterocycles. The standard InChI is InChI=1S/C15H16ClF2N3O.ClH/c1-6-11(16)9-8(7-3-2-4-20-5-7)12(17)13(18)10(15(19)22)14(9)21-6;/h7,20-21H,2-5H2,1H3,(H2,19,22);1H. The van der Waals surface area contributed by atoms with E-state index in [1.165, 1.54) is 0 Å². The van der Waals surface area contributed by atoms with Crippen molar-refractivity contribution in [3.05, 3.63) is 33.5 Å². The molecule has 2 heterocycles. The molecule has 23 heavy (non-hydrogen) atoms. The lowest BCUT2D eigenvalue weighted by atomic mass is 9.87. The van der Waals surface area contributed by atoms with Crippen LogP contribution in [0.15, 0.2) is 0 Å². The summed E-state index contributed by atoms with van der Waals surface area (Å²) < 4.78 is 29.0. The number of aromatic amines is 1. The molecule has 1 unspecified atom stereocenters. The van der Waals surface area contributed by atoms with E-state index in [2.05, 4.69) is 10.3 Å². The van der Waals surface area contributed by atoms with E-state index in [0.717, 1.165) is 19.4 Å². The van der Waals surface area contributed by atoms with E-state index in [1.54, 1.807) is 6.92 Å². The van der Waals surface area contributed by atoms with Gasteiger partial charge < -0.3 is 16.0 Å². The van der Waals surface area contributed by atoms with E-state index >= 15 is 0 Å². The summed E-state index contributed by atoms with van der Waals surface area (Å²) in [6, 6.07) is 0. The number of amides is 1. The van der Waals surface area contributed by atoms with Crippen molar-refractivity contribution < 1.29 is 13.6 Å². The van der Waals surface area contributed by atoms with Crippen molar-refractivity contribution in [2.45, 2.75) is 25.7 Å². The summed E-state index contributed by atoms with van der Waals surface area (Å²) in [7, 11) is 0. The number of aryl methyl sites for hydroxylation is 1. The van der Waals surface area contributed by atoms with Gasteiger partial charge >= 0.3 is 0 Å². The van der Waals surface area contributed by atoms with Gasteiger partial charge in [-0.1, -0.05) is 11.6 Å². The molecule has 1 aromatic carbocycles. The number of carbonyl (C=O) groups is 1. The molecular formula is C15H17Cl2F2N3O. The number of fused-ring (bicyclic) bond motifs is 1. The van der Waals surface area contributed by atoms with Gasteiger partial charge in [-0.15, -0.1) is 12.4 Å². The number of benzene rings is 1. The molecule has 3 rings (SSSR count). The fraction of sp³-hybridized carbons (Fsp3) is 0.400. The van der Waals surface area contributed by atoms with Crippen LogP contribution < -0.4 is 11.1 Å². The van der Waals surface area contributed by atoms with Crippen molar-refractivity contribution in [2.24, 2.45) is 5.73 Å². The molecule has 1 aliphatic heterocycles. The Balaban J connectivity index is 0.00000192. The summed E-state index contributed by atoms with van der Waals surface area (Å²) in [6.07, 6.45) is 1.60. The molecule has 0 bridgehead atoms. The Morgan fingerprint density at radius 3 is 2.61 bits per heavy atom. The van der Waals surface area contributed by atoms with Gasteiger partial charge in [0, 0.05) is 29.1 Å². The SMILES string of the molecule is Cc1[nH]c2c(C(N)=O)c(F)c(F)c(C3CCCNC3)c2c1Cl.Cl. The predicted octanol–water partition coefficient (Wildman–Crippen LogP) is 3.40. The molecule has 126 valence electrons. The van der Waals surface area contributed by atoms with Gasteiger partial charge in [-0.05, 0) is 26.3 Å². The van der Waals surface area contributed by atoms with Crippen LogP contribution >= 0.6 is 24.0 Å². The van der Waals surface area contributed by atoms with Crippen LogP contribution in [0.25, 0.3) is 10.9 Å². The zero-order valence-corrected chi connectivity index (χ0v) is 14.0. The van der Waals surface area contributed by atoms with E-state index < -0.39 is 23.1 Å². The number of H-pyrrole nitrogens is 1. The van der Waals surface area contributed by atoms with Crippen molar-refractivity contribution in [1.82, 2.24) is 10.3 Å². The number of halogens is 4. The van der Waals surface area contributed by atoms with Gasteiger partial charge in [-0.2, -0.15) is 0 Å². The summed E-state index contributed by atoms with van der Waals surface area (Å²) in [4.78, 5) is 14.4. The fourth-order valence-corrected chi connectivity index (χ4v) is 3.45. The molecule has 0 radical (unpaired) electrons. The number of carbonyl (C=O) groups excluding carboxylic acids is 1. The largest absolute Gasteiger partial charge is 0.365 e. The van der Waals surface area contributed by atoms with Crippen LogP contribution in [0.1, 0.15) is 40.4 Å². The molecule has 0 saturated carbocycles. The van der Waals surface area contributed by atoms with Crippen molar-refractivity contribution in [1.29, 1.82) is 0 Å². The fourth-order valence-electron chi connectivity index (χ4n) is 3.20. The second-order valence-corrected chi connectivity index (χ2v) is 6.02. The van der Waals surface area contributed by atoms with Crippen molar-refractivity contribution in [2.75, 3.05) is 13.1 Å². The Labute approximate surface area is 143 Å². The van der Waals surface area contributed by atoms with E-state index in [1.807, 2.05) is 0 Å². The van der Waals surface area contributed by atoms with Crippen LogP contribution in [0.3, 0.4) is 0 Å². The lowest BCUT2D eigenvalue weighted by molar-refractivity contribution is 0.0997. The van der Waals surface area contributed by atoms with Crippen molar-refractivity contribution in [3.8, 4) is 0 Å². The first-order valence-corrected chi connectivity index (χ1v) is 7.50. The molecule has 1 aliphatic rings. The summed E-state index contributed by atoms with van der Waals surface area (Å²) in [6.45, 7) is 3.08. The maximum atomic E-state index is 14.6. The Bertz CT molecular complexity index is 770. The van der Waals surface area contributed by atoms with Gasteiger partial charge in [0.2, 0.25) is 0 Å². The monoisotopic (exact) mass is 363 g/mol. The summed E-state index contributed by atoms with van der Waals surface area (Å²) in [5, 5.41) is 3.84. The third-order valence-corrected chi connectivity index (χ3v) is 4.70. The number of aromatic nitrogens is 1. The molecule has 1 fully saturated rings. The minimum Gasteiger partial charge on any atom is -0.365 e. The van der Waals surface area contributed by atoms with Gasteiger partial charge in [0.05, 0.1) is 10.5 Å². The van der Waals surface area contributed by atoms with E-state index in [0.29, 0.717) is 22.6 Å². The summed E-state index contributed by atoms with van der Waals surface area (Å²) in [5.74, 6) is -3.46. The molecule has 4 N–H and O–H groups in total. The Morgan fingerprint density at radius 2 is 2.04 bits per heavy atom. The van der Waals surface area contributed by atoms with Gasteiger partial charge in [0.1, 0.15) is 5.56 Å². The highest BCUT2D eigenvalue weighted by atomic mass is 35.5. The third kappa shape index (κ3) is 2.79. The Hall–Kier alpha value is -1.37. The maximum absolute atomic E-state index is 14.6. The number of hydrogen-bond donors (Lipinski definition) is 3. The van der Waals surface area contributed by atoms with Crippen LogP contribution in [0.2, 0.25) is 5.02 Å². The Kier molecular flexibility index (Phi) is 5.18. The lowest BCUT2D eigenvalue weighted by Gasteiger charge is -2.25. The highest BCUT2D eigenvalue weighted by Crippen LogP contribution is 2.40. The van der Waals surface area contributed by atoms with Gasteiger partial charge in [-0.25, -0.2) is 8.78 Å². The average Bonchev–Trinajstić information content (AvgIpc) is 2.77. The first kappa shape index (κ1) is 18.0. The Morgan fingerprint density at radius 1 is 1.35 bits per heavy atom. The molecular weight excluding hydrogens is 347 g/mol. The molecule has 4 nitrogen and oxygen atoms in total. The van der Waals surface area contributed by atoms with E-state index in [-0.39, 0.29) is 29.4 Å². The minimum atomic E-state index is -1.21. The number of piperidine rings is 1. The topological polar surface area (TPSA) is 70.9 Å². The van der Waals surface area contributed by atoms with Gasteiger partial charge in [0.25, 0.3) is 5.91 Å². The third-order valence-electron chi connectivity index (χ3n) is 4.23. The molecule has 0 spiro atoms. The number of hydrogen-bond acceptors (Lipinski definition) is 2. The molecule has 0 aliphatic carbocycles. The average molecular weight is 364 g/mol. The van der Waals surface area contributed by atoms with Crippen LogP contribution in [-0.4, -0.2) is 24.0 Å². The quantitative estimate of drug-likeness (QED) is 0.765. The van der Waals surface area contributed by atoms with Gasteiger partial charge in [-0.3, -0.25) is 4.79 Å². The first-order valence-electron chi connectivity index (χ1n) is 7.12. The van der Waals surface area contributed by atoms with Crippen molar-refractivity contribution in [3.63, 3.8) is 0 Å². The minimum absolute atomic E-state index is 0. The van der Waals surface area contributed by atoms with Crippen LogP contribution in [0, 0.1) is 18.6 Å². The van der Waals surface area contributed by atoms with Crippen LogP contribution in [0.4, 0.5) is 8.78 Å². The van der Waals surface area contributed by atoms with Crippen molar-refractivity contribution >= 4 is 40.8 Å². The second-order valence-electron chi connectivity index (χ2n) is 5.64. The molecule has 1 aromatic heterocycles. The highest BCUT2D eigenvalue weighted by Gasteiger charge is 2.30. The second kappa shape index (κ2) is 6.63. The zero-order valence-electron chi connectivity index (χ0n) is 12.4. The van der Waals surface area contributed by atoms with Crippen LogP contribution in [-0.2, 0) is 0 Å². The lowest BCUT2D eigenvalue weighted by Crippen LogP contribution is -2.29. The van der Waals surface area contributed by atoms with E-state index in [4.69, 9.17) is 17.3 Å². The van der Waals surface area contributed by atoms with Crippen LogP contribution in [0.5, 0.6) is 0 Å². The molecule has 2 aromatic rings. The number of nitrogens with two attached hydrogens (primary N) is 1. The smallest absolute Gasteiger partial charge is 0.253 e. The normalized spacial score (nSPS) is 18.0. The maximum Gasteiger partial charge on any atom is 0.253 e. The summed E-state index contributed by atoms with van der Waals surface area (Å²) >= 11 is 6.27. The van der Waals surface area contributed by atoms with E-state index in [9.17, 15) is 13.6 Å². The molecule has 1 amide bonds.